The van der Waals surface area contributed by atoms with Gasteiger partial charge in [-0.1, -0.05) is 6.07 Å². The van der Waals surface area contributed by atoms with Gasteiger partial charge < -0.3 is 14.4 Å². The number of ether oxygens (including phenoxy) is 2. The van der Waals surface area contributed by atoms with Gasteiger partial charge in [0.15, 0.2) is 11.6 Å². The molecule has 26 heavy (non-hydrogen) atoms. The first-order valence-corrected chi connectivity index (χ1v) is 9.11. The number of piperidine rings is 1. The Balaban J connectivity index is 1.75. The molecule has 0 atom stereocenters. The number of aromatic nitrogens is 3. The molecular weight excluding hydrogens is 335 g/mol. The summed E-state index contributed by atoms with van der Waals surface area (Å²) in [6, 6.07) is 6.40. The Bertz CT molecular complexity index is 699. The Labute approximate surface area is 153 Å². The first kappa shape index (κ1) is 18.9. The predicted molar refractivity (Wildman–Crippen MR) is 96.8 cm³/mol. The number of rotatable bonds is 8. The van der Waals surface area contributed by atoms with Crippen molar-refractivity contribution in [2.45, 2.75) is 25.9 Å². The van der Waals surface area contributed by atoms with E-state index < -0.39 is 0 Å². The SMILES string of the molecule is COCCOCc1nc(CC2CCN(C)CC2)nn1-c1cccc(F)c1. The van der Waals surface area contributed by atoms with Crippen molar-refractivity contribution in [3.8, 4) is 5.69 Å². The summed E-state index contributed by atoms with van der Waals surface area (Å²) in [5.41, 5.74) is 0.664. The van der Waals surface area contributed by atoms with Crippen molar-refractivity contribution in [3.63, 3.8) is 0 Å². The largest absolute Gasteiger partial charge is 0.382 e. The van der Waals surface area contributed by atoms with Crippen LogP contribution < -0.4 is 0 Å². The molecule has 0 radical (unpaired) electrons. The van der Waals surface area contributed by atoms with Gasteiger partial charge in [0.1, 0.15) is 12.4 Å². The third-order valence-electron chi connectivity index (χ3n) is 4.74. The summed E-state index contributed by atoms with van der Waals surface area (Å²) in [6.45, 7) is 3.55. The number of hydrogen-bond donors (Lipinski definition) is 0. The standard InChI is InChI=1S/C19H27FN4O2/c1-23-8-6-15(7-9-23)12-18-21-19(14-26-11-10-25-2)24(22-18)17-5-3-4-16(20)13-17/h3-5,13,15H,6-12,14H2,1-2H3. The first-order chi connectivity index (χ1) is 12.7. The zero-order valence-electron chi connectivity index (χ0n) is 15.5. The highest BCUT2D eigenvalue weighted by atomic mass is 19.1. The number of benzene rings is 1. The molecule has 7 heteroatoms. The summed E-state index contributed by atoms with van der Waals surface area (Å²) >= 11 is 0. The first-order valence-electron chi connectivity index (χ1n) is 9.11. The highest BCUT2D eigenvalue weighted by Gasteiger charge is 2.20. The van der Waals surface area contributed by atoms with Gasteiger partial charge in [-0.3, -0.25) is 0 Å². The van der Waals surface area contributed by atoms with Gasteiger partial charge in [-0.2, -0.15) is 5.10 Å². The molecule has 0 spiro atoms. The molecule has 0 amide bonds. The van der Waals surface area contributed by atoms with Crippen LogP contribution in [-0.4, -0.2) is 60.1 Å². The van der Waals surface area contributed by atoms with Crippen LogP contribution >= 0.6 is 0 Å². The average molecular weight is 362 g/mol. The lowest BCUT2D eigenvalue weighted by Crippen LogP contribution is -2.31. The fourth-order valence-electron chi connectivity index (χ4n) is 3.22. The molecule has 1 saturated heterocycles. The Kier molecular flexibility index (Phi) is 6.71. The van der Waals surface area contributed by atoms with E-state index in [4.69, 9.17) is 9.47 Å². The van der Waals surface area contributed by atoms with E-state index in [-0.39, 0.29) is 5.82 Å². The van der Waals surface area contributed by atoms with Crippen LogP contribution in [0.5, 0.6) is 0 Å². The topological polar surface area (TPSA) is 52.4 Å². The van der Waals surface area contributed by atoms with E-state index in [1.165, 1.54) is 12.1 Å². The third-order valence-corrected chi connectivity index (χ3v) is 4.74. The van der Waals surface area contributed by atoms with Crippen molar-refractivity contribution in [1.82, 2.24) is 19.7 Å². The van der Waals surface area contributed by atoms with Crippen molar-refractivity contribution in [2.24, 2.45) is 5.92 Å². The maximum Gasteiger partial charge on any atom is 0.158 e. The van der Waals surface area contributed by atoms with Gasteiger partial charge in [0.05, 0.1) is 18.9 Å². The Morgan fingerprint density at radius 3 is 2.77 bits per heavy atom. The van der Waals surface area contributed by atoms with Crippen LogP contribution in [0.2, 0.25) is 0 Å². The zero-order chi connectivity index (χ0) is 18.4. The maximum absolute atomic E-state index is 13.6. The van der Waals surface area contributed by atoms with Crippen molar-refractivity contribution >= 4 is 0 Å². The minimum atomic E-state index is -0.291. The molecule has 1 aliphatic heterocycles. The molecule has 6 nitrogen and oxygen atoms in total. The Morgan fingerprint density at radius 1 is 1.23 bits per heavy atom. The fourth-order valence-corrected chi connectivity index (χ4v) is 3.22. The van der Waals surface area contributed by atoms with Gasteiger partial charge in [0.2, 0.25) is 0 Å². The lowest BCUT2D eigenvalue weighted by atomic mass is 9.94. The van der Waals surface area contributed by atoms with Crippen LogP contribution in [0.4, 0.5) is 4.39 Å². The summed E-state index contributed by atoms with van der Waals surface area (Å²) in [5, 5.41) is 4.65. The van der Waals surface area contributed by atoms with Gasteiger partial charge in [0.25, 0.3) is 0 Å². The van der Waals surface area contributed by atoms with Gasteiger partial charge in [-0.15, -0.1) is 0 Å². The molecule has 1 aromatic heterocycles. The molecule has 0 aliphatic carbocycles. The van der Waals surface area contributed by atoms with Crippen LogP contribution in [0.3, 0.4) is 0 Å². The molecule has 0 saturated carbocycles. The van der Waals surface area contributed by atoms with Crippen LogP contribution in [0.1, 0.15) is 24.5 Å². The summed E-state index contributed by atoms with van der Waals surface area (Å²) in [6.07, 6.45) is 3.16. The maximum atomic E-state index is 13.6. The second kappa shape index (κ2) is 9.21. The van der Waals surface area contributed by atoms with Crippen molar-refractivity contribution in [2.75, 3.05) is 40.5 Å². The molecule has 3 rings (SSSR count). The van der Waals surface area contributed by atoms with E-state index in [0.29, 0.717) is 37.3 Å². The second-order valence-electron chi connectivity index (χ2n) is 6.83. The van der Waals surface area contributed by atoms with Gasteiger partial charge >= 0.3 is 0 Å². The molecule has 0 N–H and O–H groups in total. The highest BCUT2D eigenvalue weighted by molar-refractivity contribution is 5.32. The Morgan fingerprint density at radius 2 is 2.04 bits per heavy atom. The molecule has 1 fully saturated rings. The van der Waals surface area contributed by atoms with E-state index in [2.05, 4.69) is 22.0 Å². The summed E-state index contributed by atoms with van der Waals surface area (Å²) in [7, 11) is 3.79. The predicted octanol–water partition coefficient (Wildman–Crippen LogP) is 2.45. The Hall–Kier alpha value is -1.83. The molecule has 2 heterocycles. The lowest BCUT2D eigenvalue weighted by Gasteiger charge is -2.28. The van der Waals surface area contributed by atoms with Gasteiger partial charge in [-0.05, 0) is 57.1 Å². The number of halogens is 1. The van der Waals surface area contributed by atoms with Crippen LogP contribution in [0.25, 0.3) is 5.69 Å². The van der Waals surface area contributed by atoms with E-state index >= 15 is 0 Å². The average Bonchev–Trinajstić information content (AvgIpc) is 3.03. The van der Waals surface area contributed by atoms with Gasteiger partial charge in [0, 0.05) is 13.5 Å². The summed E-state index contributed by atoms with van der Waals surface area (Å²) < 4.78 is 26.0. The quantitative estimate of drug-likeness (QED) is 0.675. The smallest absolute Gasteiger partial charge is 0.158 e. The summed E-state index contributed by atoms with van der Waals surface area (Å²) in [5.74, 6) is 1.79. The van der Waals surface area contributed by atoms with E-state index in [1.54, 1.807) is 17.9 Å². The van der Waals surface area contributed by atoms with E-state index in [9.17, 15) is 4.39 Å². The fraction of sp³-hybridized carbons (Fsp3) is 0.579. The molecule has 1 aliphatic rings. The molecule has 1 aromatic carbocycles. The van der Waals surface area contributed by atoms with E-state index in [0.717, 1.165) is 38.2 Å². The number of likely N-dealkylation sites (tertiary alicyclic amines) is 1. The number of methoxy groups -OCH3 is 1. The lowest BCUT2D eigenvalue weighted by molar-refractivity contribution is 0.0578. The number of nitrogens with zero attached hydrogens (tertiary/aromatic N) is 4. The summed E-state index contributed by atoms with van der Waals surface area (Å²) in [4.78, 5) is 7.03. The normalized spacial score (nSPS) is 16.3. The van der Waals surface area contributed by atoms with Crippen molar-refractivity contribution < 1.29 is 13.9 Å². The van der Waals surface area contributed by atoms with Gasteiger partial charge in [-0.25, -0.2) is 14.1 Å². The second-order valence-corrected chi connectivity index (χ2v) is 6.83. The molecule has 142 valence electrons. The highest BCUT2D eigenvalue weighted by Crippen LogP contribution is 2.21. The minimum Gasteiger partial charge on any atom is -0.382 e. The van der Waals surface area contributed by atoms with Crippen molar-refractivity contribution in [1.29, 1.82) is 0 Å². The molecular formula is C19H27FN4O2. The van der Waals surface area contributed by atoms with Crippen molar-refractivity contribution in [3.05, 3.63) is 41.7 Å². The zero-order valence-corrected chi connectivity index (χ0v) is 15.5. The van der Waals surface area contributed by atoms with Crippen LogP contribution in [0.15, 0.2) is 24.3 Å². The van der Waals surface area contributed by atoms with Crippen LogP contribution in [0, 0.1) is 11.7 Å². The molecule has 2 aromatic rings. The molecule has 0 bridgehead atoms. The monoisotopic (exact) mass is 362 g/mol. The molecule has 0 unspecified atom stereocenters. The van der Waals surface area contributed by atoms with Crippen LogP contribution in [-0.2, 0) is 22.5 Å². The minimum absolute atomic E-state index is 0.291. The van der Waals surface area contributed by atoms with E-state index in [1.807, 2.05) is 6.07 Å². The number of hydrogen-bond acceptors (Lipinski definition) is 5. The third kappa shape index (κ3) is 5.09.